The maximum atomic E-state index is 11.8. The van der Waals surface area contributed by atoms with Crippen LogP contribution in [0.1, 0.15) is 33.1 Å². The third-order valence-corrected chi connectivity index (χ3v) is 5.35. The van der Waals surface area contributed by atoms with Gasteiger partial charge in [-0.3, -0.25) is 9.59 Å². The summed E-state index contributed by atoms with van der Waals surface area (Å²) in [5.74, 6) is 2.12. The van der Waals surface area contributed by atoms with Gasteiger partial charge in [-0.25, -0.2) is 0 Å². The fourth-order valence-corrected chi connectivity index (χ4v) is 4.59. The number of ketones is 2. The second-order valence-corrected chi connectivity index (χ2v) is 6.64. The number of Topliss-reactive ketones (excluding diaryl/α,β-unsaturated/α-hetero) is 2. The molecule has 0 aromatic carbocycles. The minimum Gasteiger partial charge on any atom is -0.299 e. The summed E-state index contributed by atoms with van der Waals surface area (Å²) in [6, 6.07) is 0. The van der Waals surface area contributed by atoms with Gasteiger partial charge in [0.25, 0.3) is 0 Å². The molecule has 1 aliphatic carbocycles. The molecule has 0 aliphatic heterocycles. The zero-order valence-electron chi connectivity index (χ0n) is 8.67. The highest BCUT2D eigenvalue weighted by Gasteiger charge is 2.42. The second kappa shape index (κ2) is 5.21. The number of hydrogen-bond acceptors (Lipinski definition) is 4. The Morgan fingerprint density at radius 2 is 1.79 bits per heavy atom. The predicted octanol–water partition coefficient (Wildman–Crippen LogP) is 2.51. The molecular formula is C10H16O2S2. The van der Waals surface area contributed by atoms with Crippen molar-refractivity contribution in [2.45, 2.75) is 37.2 Å². The van der Waals surface area contributed by atoms with Gasteiger partial charge in [0.15, 0.2) is 5.78 Å². The third-order valence-electron chi connectivity index (χ3n) is 2.27. The van der Waals surface area contributed by atoms with E-state index in [2.05, 4.69) is 13.8 Å². The van der Waals surface area contributed by atoms with Crippen LogP contribution in [-0.4, -0.2) is 27.2 Å². The second-order valence-electron chi connectivity index (χ2n) is 3.26. The van der Waals surface area contributed by atoms with Crippen molar-refractivity contribution in [2.24, 2.45) is 0 Å². The first kappa shape index (κ1) is 12.1. The molecule has 0 aromatic heterocycles. The lowest BCUT2D eigenvalue weighted by Gasteiger charge is -2.33. The Bertz CT molecular complexity index is 232. The molecule has 1 rings (SSSR count). The van der Waals surface area contributed by atoms with Crippen molar-refractivity contribution in [1.29, 1.82) is 0 Å². The van der Waals surface area contributed by atoms with Crippen molar-refractivity contribution in [3.63, 3.8) is 0 Å². The van der Waals surface area contributed by atoms with E-state index in [4.69, 9.17) is 0 Å². The third kappa shape index (κ3) is 2.54. The van der Waals surface area contributed by atoms with Gasteiger partial charge >= 0.3 is 0 Å². The van der Waals surface area contributed by atoms with Crippen molar-refractivity contribution >= 4 is 35.1 Å². The smallest absolute Gasteiger partial charge is 0.166 e. The van der Waals surface area contributed by atoms with E-state index in [1.165, 1.54) is 0 Å². The van der Waals surface area contributed by atoms with Gasteiger partial charge in [-0.15, -0.1) is 23.5 Å². The van der Waals surface area contributed by atoms with Crippen LogP contribution in [-0.2, 0) is 9.59 Å². The van der Waals surface area contributed by atoms with Crippen molar-refractivity contribution < 1.29 is 9.59 Å². The Hall–Kier alpha value is 0.0400. The number of rotatable bonds is 4. The summed E-state index contributed by atoms with van der Waals surface area (Å²) < 4.78 is -0.308. The summed E-state index contributed by atoms with van der Waals surface area (Å²) in [5.41, 5.74) is 0. The van der Waals surface area contributed by atoms with Gasteiger partial charge in [0.05, 0.1) is 6.42 Å². The van der Waals surface area contributed by atoms with Crippen molar-refractivity contribution in [3.05, 3.63) is 0 Å². The molecule has 0 unspecified atom stereocenters. The lowest BCUT2D eigenvalue weighted by atomic mass is 9.97. The fraction of sp³-hybridized carbons (Fsp3) is 0.800. The predicted molar refractivity (Wildman–Crippen MR) is 62.9 cm³/mol. The molecule has 0 N–H and O–H groups in total. The first-order valence-corrected chi connectivity index (χ1v) is 6.94. The van der Waals surface area contributed by atoms with Gasteiger partial charge in [-0.05, 0) is 17.9 Å². The average Bonchev–Trinajstić information content (AvgIpc) is 2.13. The van der Waals surface area contributed by atoms with E-state index in [9.17, 15) is 9.59 Å². The minimum absolute atomic E-state index is 0.110. The molecule has 1 saturated carbocycles. The number of carbonyl (C=O) groups excluding carboxylic acids is 2. The molecule has 1 aliphatic rings. The quantitative estimate of drug-likeness (QED) is 0.551. The number of thioether (sulfide) groups is 2. The zero-order valence-corrected chi connectivity index (χ0v) is 10.3. The monoisotopic (exact) mass is 232 g/mol. The van der Waals surface area contributed by atoms with E-state index < -0.39 is 0 Å². The van der Waals surface area contributed by atoms with E-state index in [1.54, 1.807) is 23.5 Å². The Balaban J connectivity index is 2.75. The summed E-state index contributed by atoms with van der Waals surface area (Å²) in [4.78, 5) is 23.0. The van der Waals surface area contributed by atoms with Crippen LogP contribution in [0, 0.1) is 0 Å². The minimum atomic E-state index is -0.308. The van der Waals surface area contributed by atoms with Gasteiger partial charge in [0, 0.05) is 6.42 Å². The highest BCUT2D eigenvalue weighted by atomic mass is 32.2. The van der Waals surface area contributed by atoms with Crippen LogP contribution in [0.25, 0.3) is 0 Å². The van der Waals surface area contributed by atoms with E-state index >= 15 is 0 Å². The Labute approximate surface area is 93.6 Å². The van der Waals surface area contributed by atoms with Gasteiger partial charge < -0.3 is 0 Å². The Morgan fingerprint density at radius 1 is 1.21 bits per heavy atom. The molecule has 0 bridgehead atoms. The van der Waals surface area contributed by atoms with E-state index in [0.717, 1.165) is 17.9 Å². The fourth-order valence-electron chi connectivity index (χ4n) is 1.66. The van der Waals surface area contributed by atoms with E-state index in [-0.39, 0.29) is 22.1 Å². The topological polar surface area (TPSA) is 34.1 Å². The zero-order chi connectivity index (χ0) is 10.6. The van der Waals surface area contributed by atoms with Crippen molar-refractivity contribution in [2.75, 3.05) is 11.5 Å². The molecule has 0 aromatic rings. The van der Waals surface area contributed by atoms with Gasteiger partial charge in [0.1, 0.15) is 9.86 Å². The molecule has 0 atom stereocenters. The highest BCUT2D eigenvalue weighted by Crippen LogP contribution is 2.45. The highest BCUT2D eigenvalue weighted by molar-refractivity contribution is 8.19. The largest absolute Gasteiger partial charge is 0.299 e. The summed E-state index contributed by atoms with van der Waals surface area (Å²) in [5, 5.41) is 0. The lowest BCUT2D eigenvalue weighted by Crippen LogP contribution is -2.38. The van der Waals surface area contributed by atoms with Gasteiger partial charge in [-0.2, -0.15) is 0 Å². The first-order valence-electron chi connectivity index (χ1n) is 4.97. The molecule has 0 radical (unpaired) electrons. The molecule has 0 spiro atoms. The number of hydrogen-bond donors (Lipinski definition) is 0. The Morgan fingerprint density at radius 3 is 2.21 bits per heavy atom. The van der Waals surface area contributed by atoms with Crippen LogP contribution in [0.3, 0.4) is 0 Å². The van der Waals surface area contributed by atoms with Crippen LogP contribution in [0.15, 0.2) is 0 Å². The van der Waals surface area contributed by atoms with Crippen LogP contribution in [0.5, 0.6) is 0 Å². The molecular weight excluding hydrogens is 216 g/mol. The normalized spacial score (nSPS) is 21.3. The molecule has 2 nitrogen and oxygen atoms in total. The summed E-state index contributed by atoms with van der Waals surface area (Å²) in [7, 11) is 0. The van der Waals surface area contributed by atoms with E-state index in [0.29, 0.717) is 6.42 Å². The molecule has 80 valence electrons. The molecule has 14 heavy (non-hydrogen) atoms. The summed E-state index contributed by atoms with van der Waals surface area (Å²) in [6.07, 6.45) is 1.45. The van der Waals surface area contributed by atoms with Crippen molar-refractivity contribution in [1.82, 2.24) is 0 Å². The molecule has 1 fully saturated rings. The summed E-state index contributed by atoms with van der Waals surface area (Å²) in [6.45, 7) is 4.12. The van der Waals surface area contributed by atoms with Crippen molar-refractivity contribution in [3.8, 4) is 0 Å². The van der Waals surface area contributed by atoms with Gasteiger partial charge in [-0.1, -0.05) is 13.8 Å². The SMILES string of the molecule is CCSC1(SCC)CCC(=O)CC1=O. The average molecular weight is 232 g/mol. The maximum absolute atomic E-state index is 11.8. The standard InChI is InChI=1S/C10H16O2S2/c1-3-13-10(14-4-2)6-5-8(11)7-9(10)12/h3-7H2,1-2H3. The molecule has 0 saturated heterocycles. The number of carbonyl (C=O) groups is 2. The lowest BCUT2D eigenvalue weighted by molar-refractivity contribution is -0.129. The molecule has 0 heterocycles. The van der Waals surface area contributed by atoms with Gasteiger partial charge in [0.2, 0.25) is 0 Å². The van der Waals surface area contributed by atoms with Crippen LogP contribution >= 0.6 is 23.5 Å². The van der Waals surface area contributed by atoms with Crippen LogP contribution in [0.2, 0.25) is 0 Å². The Kier molecular flexibility index (Phi) is 4.51. The van der Waals surface area contributed by atoms with Crippen LogP contribution in [0.4, 0.5) is 0 Å². The molecule has 4 heteroatoms. The first-order chi connectivity index (χ1) is 6.64. The molecule has 0 amide bonds. The summed E-state index contributed by atoms with van der Waals surface area (Å²) >= 11 is 3.39. The van der Waals surface area contributed by atoms with E-state index in [1.807, 2.05) is 0 Å². The maximum Gasteiger partial charge on any atom is 0.166 e. The van der Waals surface area contributed by atoms with Crippen LogP contribution < -0.4 is 0 Å².